The molecule has 0 aliphatic carbocycles. The van der Waals surface area contributed by atoms with E-state index in [1.54, 1.807) is 49.4 Å². The molecule has 0 atom stereocenters. The van der Waals surface area contributed by atoms with E-state index in [1.807, 2.05) is 97.9 Å². The number of carbonyl (C=O) groups is 2. The largest absolute Gasteiger partial charge is 0.467 e. The summed E-state index contributed by atoms with van der Waals surface area (Å²) in [5, 5.41) is 1.03. The van der Waals surface area contributed by atoms with Gasteiger partial charge in [0.05, 0.1) is 50.8 Å². The summed E-state index contributed by atoms with van der Waals surface area (Å²) in [5.74, 6) is 7.98. The molecule has 0 aliphatic rings. The Hall–Kier alpha value is -2.37. The minimum Gasteiger partial charge on any atom is -0.467 e. The van der Waals surface area contributed by atoms with Gasteiger partial charge in [0.15, 0.2) is 0 Å². The summed E-state index contributed by atoms with van der Waals surface area (Å²) in [6.45, 7) is 22.8. The van der Waals surface area contributed by atoms with E-state index < -0.39 is 5.97 Å². The Morgan fingerprint density at radius 1 is 0.782 bits per heavy atom. The van der Waals surface area contributed by atoms with Crippen LogP contribution < -0.4 is 0 Å². The molecule has 0 unspecified atom stereocenters. The van der Waals surface area contributed by atoms with Crippen molar-refractivity contribution >= 4 is 55.1 Å². The predicted octanol–water partition coefficient (Wildman–Crippen LogP) is 9.74. The van der Waals surface area contributed by atoms with Gasteiger partial charge in [-0.1, -0.05) is 62.4 Å². The highest BCUT2D eigenvalue weighted by molar-refractivity contribution is 8.76. The minimum absolute atomic E-state index is 0.0166. The van der Waals surface area contributed by atoms with Crippen molar-refractivity contribution in [2.45, 2.75) is 118 Å². The van der Waals surface area contributed by atoms with Gasteiger partial charge in [0.25, 0.3) is 0 Å². The van der Waals surface area contributed by atoms with E-state index in [1.165, 1.54) is 14.2 Å². The molecule has 1 aromatic heterocycles. The van der Waals surface area contributed by atoms with Crippen LogP contribution in [-0.2, 0) is 49.4 Å². The topological polar surface area (TPSA) is 112 Å². The molecule has 0 fully saturated rings. The number of benzene rings is 1. The van der Waals surface area contributed by atoms with Gasteiger partial charge in [0.2, 0.25) is 0 Å². The highest BCUT2D eigenvalue weighted by atomic mass is 33.1. The first-order valence-corrected chi connectivity index (χ1v) is 22.6. The van der Waals surface area contributed by atoms with Crippen LogP contribution in [0, 0.1) is 24.2 Å². The second kappa shape index (κ2) is 38.5. The summed E-state index contributed by atoms with van der Waals surface area (Å²) < 4.78 is 34.8. The first kappa shape index (κ1) is 57.0. The lowest BCUT2D eigenvalue weighted by molar-refractivity contribution is -0.147. The fourth-order valence-electron chi connectivity index (χ4n) is 2.51. The maximum atomic E-state index is 10.4. The third kappa shape index (κ3) is 47.7. The van der Waals surface area contributed by atoms with Crippen LogP contribution in [0.25, 0.3) is 0 Å². The molecule has 1 heterocycles. The number of nitrogens with zero attached hydrogens (tertiary/aromatic N) is 1. The van der Waals surface area contributed by atoms with Crippen LogP contribution in [0.5, 0.6) is 0 Å². The van der Waals surface area contributed by atoms with Crippen molar-refractivity contribution in [2.75, 3.05) is 45.6 Å². The van der Waals surface area contributed by atoms with Crippen molar-refractivity contribution in [1.82, 2.24) is 4.98 Å². The molecule has 0 radical (unpaired) electrons. The lowest BCUT2D eigenvalue weighted by atomic mass is 10.1. The van der Waals surface area contributed by atoms with Gasteiger partial charge in [-0.25, -0.2) is 14.6 Å². The zero-order valence-corrected chi connectivity index (χ0v) is 38.6. The first-order chi connectivity index (χ1) is 25.9. The van der Waals surface area contributed by atoms with Crippen molar-refractivity contribution in [1.29, 1.82) is 0 Å². The summed E-state index contributed by atoms with van der Waals surface area (Å²) in [4.78, 5) is 25.0. The molecule has 0 saturated heterocycles. The molecular weight excluding hydrogens is 779 g/mol. The zero-order chi connectivity index (χ0) is 42.5. The number of hydrogen-bond acceptors (Lipinski definition) is 14. The Balaban J connectivity index is -0.000000621. The molecule has 0 N–H and O–H groups in total. The first-order valence-electron chi connectivity index (χ1n) is 17.6. The van der Waals surface area contributed by atoms with E-state index in [-0.39, 0.29) is 43.1 Å². The highest BCUT2D eigenvalue weighted by Crippen LogP contribution is 2.29. The fraction of sp³-hybridized carbons (Fsp3) is 0.585. The molecular formula is C41H65NO9S4. The number of terminal acetylenes is 1. The molecule has 1 aromatic carbocycles. The average molecular weight is 844 g/mol. The number of hydrogen-bond donors (Lipinski definition) is 0. The van der Waals surface area contributed by atoms with Crippen LogP contribution in [0.15, 0.2) is 53.7 Å². The van der Waals surface area contributed by atoms with Crippen molar-refractivity contribution in [3.05, 3.63) is 59.8 Å². The Kier molecular flexibility index (Phi) is 39.9. The van der Waals surface area contributed by atoms with E-state index in [0.29, 0.717) is 18.6 Å². The van der Waals surface area contributed by atoms with Crippen LogP contribution in [0.3, 0.4) is 0 Å². The SMILES string of the molecule is C#Cc1ccc(COC(C)C)cc1.CC(C)OCSSc1ccccn1.COC(=O)C#CCOC(C)C.COC(=O)COC(C)C.CSSCOC(C)(C)C. The molecule has 14 heteroatoms. The summed E-state index contributed by atoms with van der Waals surface area (Å²) in [6, 6.07) is 13.7. The van der Waals surface area contributed by atoms with Crippen LogP contribution in [-0.4, -0.2) is 92.5 Å². The van der Waals surface area contributed by atoms with E-state index in [2.05, 4.69) is 59.2 Å². The van der Waals surface area contributed by atoms with Crippen LogP contribution in [0.1, 0.15) is 87.3 Å². The third-order valence-electron chi connectivity index (χ3n) is 5.22. The molecule has 0 saturated carbocycles. The highest BCUT2D eigenvalue weighted by Gasteiger charge is 2.08. The van der Waals surface area contributed by atoms with Crippen LogP contribution >= 0.6 is 43.2 Å². The summed E-state index contributed by atoms with van der Waals surface area (Å²) in [6.07, 6.45) is 9.89. The summed E-state index contributed by atoms with van der Waals surface area (Å²) in [7, 11) is 9.40. The van der Waals surface area contributed by atoms with Crippen molar-refractivity contribution in [3.8, 4) is 24.2 Å². The number of carbonyl (C=O) groups excluding carboxylic acids is 2. The third-order valence-corrected chi connectivity index (χ3v) is 8.58. The second-order valence-electron chi connectivity index (χ2n) is 12.7. The van der Waals surface area contributed by atoms with Crippen molar-refractivity contribution < 1.29 is 42.7 Å². The molecule has 0 amide bonds. The van der Waals surface area contributed by atoms with Gasteiger partial charge in [-0.15, -0.1) is 6.42 Å². The van der Waals surface area contributed by atoms with Gasteiger partial charge >= 0.3 is 11.9 Å². The van der Waals surface area contributed by atoms with Gasteiger partial charge in [-0.05, 0) is 123 Å². The lowest BCUT2D eigenvalue weighted by Gasteiger charge is -2.18. The molecule has 0 spiro atoms. The Morgan fingerprint density at radius 2 is 1.38 bits per heavy atom. The maximum Gasteiger partial charge on any atom is 0.384 e. The Morgan fingerprint density at radius 3 is 1.84 bits per heavy atom. The molecule has 10 nitrogen and oxygen atoms in total. The average Bonchev–Trinajstić information content (AvgIpc) is 3.14. The quantitative estimate of drug-likeness (QED) is 0.0399. The Bertz CT molecular complexity index is 1300. The summed E-state index contributed by atoms with van der Waals surface area (Å²) >= 11 is 0. The molecule has 0 aliphatic heterocycles. The number of pyridine rings is 1. The van der Waals surface area contributed by atoms with E-state index in [4.69, 9.17) is 30.1 Å². The fourth-order valence-corrected chi connectivity index (χ4v) is 5.15. The predicted molar refractivity (Wildman–Crippen MR) is 234 cm³/mol. The normalized spacial score (nSPS) is 10.2. The maximum absolute atomic E-state index is 10.4. The monoisotopic (exact) mass is 843 g/mol. The van der Waals surface area contributed by atoms with Gasteiger partial charge in [0, 0.05) is 17.7 Å². The molecule has 312 valence electrons. The van der Waals surface area contributed by atoms with Gasteiger partial charge < -0.3 is 33.2 Å². The summed E-state index contributed by atoms with van der Waals surface area (Å²) in [5.41, 5.74) is 2.09. The van der Waals surface area contributed by atoms with Gasteiger partial charge in [0.1, 0.15) is 30.1 Å². The van der Waals surface area contributed by atoms with Crippen molar-refractivity contribution in [3.63, 3.8) is 0 Å². The van der Waals surface area contributed by atoms with E-state index in [9.17, 15) is 9.59 Å². The number of methoxy groups -OCH3 is 2. The smallest absolute Gasteiger partial charge is 0.384 e. The molecule has 55 heavy (non-hydrogen) atoms. The second-order valence-corrected chi connectivity index (χ2v) is 17.4. The number of ether oxygens (including phenoxy) is 7. The Labute approximate surface area is 348 Å². The molecule has 2 aromatic rings. The van der Waals surface area contributed by atoms with Gasteiger partial charge in [-0.2, -0.15) is 0 Å². The molecule has 2 rings (SSSR count). The van der Waals surface area contributed by atoms with Gasteiger partial charge in [-0.3, -0.25) is 0 Å². The minimum atomic E-state index is -0.530. The lowest BCUT2D eigenvalue weighted by Crippen LogP contribution is -2.18. The molecule has 0 bridgehead atoms. The standard InChI is InChI=1S/C12H14O.C9H13NOS2.C8H12O3.C6H12O3.C6H14OS2/c1-4-11-5-7-12(8-6-11)9-13-10(2)3;1-8(2)11-7-12-13-9-5-3-4-6-10-9;1-7(2)11-6-4-5-8(9)10-3;1-5(2)9-4-6(7)8-3;1-6(2,3)7-5-9-8-4/h1,5-8,10H,9H2,2-3H3;3-6,8H,7H2,1-2H3;7H,6H2,1-3H3;5H,4H2,1-3H3;5H2,1-4H3. The van der Waals surface area contributed by atoms with Crippen LogP contribution in [0.2, 0.25) is 0 Å². The number of esters is 2. The van der Waals surface area contributed by atoms with Crippen molar-refractivity contribution in [2.24, 2.45) is 0 Å². The number of aromatic nitrogens is 1. The number of rotatable bonds is 16. The van der Waals surface area contributed by atoms with E-state index >= 15 is 0 Å². The van der Waals surface area contributed by atoms with Crippen LogP contribution in [0.4, 0.5) is 0 Å². The van der Waals surface area contributed by atoms with E-state index in [0.717, 1.165) is 22.1 Å². The zero-order valence-electron chi connectivity index (χ0n) is 35.3.